The molecule has 2 heterocycles. The zero-order valence-electron chi connectivity index (χ0n) is 20.9. The molecule has 0 unspecified atom stereocenters. The third-order valence-electron chi connectivity index (χ3n) is 6.57. The number of hydrogen-bond donors (Lipinski definition) is 2. The lowest BCUT2D eigenvalue weighted by Gasteiger charge is -2.32. The average molecular weight is 494 g/mol. The van der Waals surface area contributed by atoms with E-state index < -0.39 is 0 Å². The van der Waals surface area contributed by atoms with Gasteiger partial charge in [0.1, 0.15) is 17.1 Å². The van der Waals surface area contributed by atoms with Gasteiger partial charge in [-0.1, -0.05) is 66.7 Å². The molecule has 0 saturated carbocycles. The molecule has 1 aliphatic heterocycles. The number of rotatable bonds is 8. The number of ether oxygens (including phenoxy) is 1. The Morgan fingerprint density at radius 2 is 1.70 bits per heavy atom. The lowest BCUT2D eigenvalue weighted by atomic mass is 10.0. The number of hydrogen-bond acceptors (Lipinski definition) is 6. The second-order valence-corrected chi connectivity index (χ2v) is 9.19. The lowest BCUT2D eigenvalue weighted by molar-refractivity contribution is 0.0909. The van der Waals surface area contributed by atoms with Crippen LogP contribution in [0.1, 0.15) is 28.8 Å². The van der Waals surface area contributed by atoms with E-state index in [1.165, 1.54) is 5.56 Å². The van der Waals surface area contributed by atoms with Crippen molar-refractivity contribution in [3.05, 3.63) is 102 Å². The molecule has 7 heteroatoms. The summed E-state index contributed by atoms with van der Waals surface area (Å²) in [4.78, 5) is 25.1. The molecule has 3 aromatic carbocycles. The maximum absolute atomic E-state index is 13.4. The van der Waals surface area contributed by atoms with E-state index in [0.717, 1.165) is 49.5 Å². The fourth-order valence-electron chi connectivity index (χ4n) is 4.55. The molecular formula is C30H31N5O2. The van der Waals surface area contributed by atoms with Gasteiger partial charge in [-0.3, -0.25) is 9.69 Å². The van der Waals surface area contributed by atoms with Crippen LogP contribution in [0, 0.1) is 0 Å². The van der Waals surface area contributed by atoms with Crippen molar-refractivity contribution < 1.29 is 9.53 Å². The highest BCUT2D eigenvalue weighted by Gasteiger charge is 2.23. The van der Waals surface area contributed by atoms with Crippen LogP contribution in [0.25, 0.3) is 11.4 Å². The minimum atomic E-state index is -0.175. The van der Waals surface area contributed by atoms with Gasteiger partial charge in [-0.2, -0.15) is 0 Å². The van der Waals surface area contributed by atoms with Gasteiger partial charge in [0.25, 0.3) is 5.91 Å². The molecule has 0 atom stereocenters. The van der Waals surface area contributed by atoms with Crippen LogP contribution >= 0.6 is 0 Å². The average Bonchev–Trinajstić information content (AvgIpc) is 2.95. The Hall–Kier alpha value is -4.23. The number of amides is 1. The third-order valence-corrected chi connectivity index (χ3v) is 6.57. The second-order valence-electron chi connectivity index (χ2n) is 9.19. The van der Waals surface area contributed by atoms with Gasteiger partial charge in [-0.05, 0) is 30.5 Å². The molecule has 188 valence electrons. The van der Waals surface area contributed by atoms with Crippen LogP contribution in [0.5, 0.6) is 5.75 Å². The molecule has 1 aromatic heterocycles. The van der Waals surface area contributed by atoms with Gasteiger partial charge < -0.3 is 15.4 Å². The SMILES string of the molecule is COc1cccc(Nc2nc(-c3ccccc3)ncc2C(=O)NC2CCN(Cc3ccccc3)CC2)c1. The van der Waals surface area contributed by atoms with Gasteiger partial charge in [-0.25, -0.2) is 9.97 Å². The molecule has 1 saturated heterocycles. The highest BCUT2D eigenvalue weighted by atomic mass is 16.5. The Balaban J connectivity index is 1.31. The fraction of sp³-hybridized carbons (Fsp3) is 0.233. The number of carbonyl (C=O) groups excluding carboxylic acids is 1. The Kier molecular flexibility index (Phi) is 7.72. The summed E-state index contributed by atoms with van der Waals surface area (Å²) in [6.45, 7) is 2.82. The first-order valence-electron chi connectivity index (χ1n) is 12.6. The van der Waals surface area contributed by atoms with Gasteiger partial charge in [0, 0.05) is 49.2 Å². The minimum Gasteiger partial charge on any atom is -0.497 e. The third kappa shape index (κ3) is 6.32. The van der Waals surface area contributed by atoms with Crippen LogP contribution in [0.15, 0.2) is 91.1 Å². The number of carbonyl (C=O) groups is 1. The molecule has 2 N–H and O–H groups in total. The second kappa shape index (κ2) is 11.7. The monoisotopic (exact) mass is 493 g/mol. The van der Waals surface area contributed by atoms with E-state index in [4.69, 9.17) is 9.72 Å². The predicted molar refractivity (Wildman–Crippen MR) is 146 cm³/mol. The van der Waals surface area contributed by atoms with Crippen molar-refractivity contribution in [1.29, 1.82) is 0 Å². The predicted octanol–water partition coefficient (Wildman–Crippen LogP) is 5.29. The first kappa shape index (κ1) is 24.5. The summed E-state index contributed by atoms with van der Waals surface area (Å²) in [5.41, 5.74) is 3.39. The normalized spacial score (nSPS) is 14.2. The lowest BCUT2D eigenvalue weighted by Crippen LogP contribution is -2.44. The summed E-state index contributed by atoms with van der Waals surface area (Å²) in [5, 5.41) is 6.53. The number of anilines is 2. The molecule has 4 aromatic rings. The van der Waals surface area contributed by atoms with E-state index >= 15 is 0 Å². The molecule has 0 spiro atoms. The molecule has 5 rings (SSSR count). The molecule has 1 amide bonds. The Morgan fingerprint density at radius 1 is 0.973 bits per heavy atom. The number of nitrogens with one attached hydrogen (secondary N) is 2. The Bertz CT molecular complexity index is 1320. The molecule has 0 aliphatic carbocycles. The zero-order valence-corrected chi connectivity index (χ0v) is 20.9. The molecule has 0 bridgehead atoms. The maximum Gasteiger partial charge on any atom is 0.256 e. The summed E-state index contributed by atoms with van der Waals surface area (Å²) in [5.74, 6) is 1.56. The molecule has 7 nitrogen and oxygen atoms in total. The van der Waals surface area contributed by atoms with Gasteiger partial charge in [0.05, 0.1) is 7.11 Å². The molecular weight excluding hydrogens is 462 g/mol. The van der Waals surface area contributed by atoms with Crippen molar-refractivity contribution in [2.45, 2.75) is 25.4 Å². The number of likely N-dealkylation sites (tertiary alicyclic amines) is 1. The van der Waals surface area contributed by atoms with Crippen molar-refractivity contribution in [2.24, 2.45) is 0 Å². The maximum atomic E-state index is 13.4. The van der Waals surface area contributed by atoms with E-state index in [1.807, 2.05) is 60.7 Å². The van der Waals surface area contributed by atoms with Crippen molar-refractivity contribution in [3.63, 3.8) is 0 Å². The topological polar surface area (TPSA) is 79.4 Å². The highest BCUT2D eigenvalue weighted by Crippen LogP contribution is 2.25. The van der Waals surface area contributed by atoms with Crippen molar-refractivity contribution in [3.8, 4) is 17.1 Å². The smallest absolute Gasteiger partial charge is 0.256 e. The first-order valence-corrected chi connectivity index (χ1v) is 12.6. The number of methoxy groups -OCH3 is 1. The van der Waals surface area contributed by atoms with Crippen molar-refractivity contribution >= 4 is 17.4 Å². The quantitative estimate of drug-likeness (QED) is 0.347. The largest absolute Gasteiger partial charge is 0.497 e. The molecule has 0 radical (unpaired) electrons. The van der Waals surface area contributed by atoms with Crippen LogP contribution < -0.4 is 15.4 Å². The Morgan fingerprint density at radius 3 is 2.43 bits per heavy atom. The van der Waals surface area contributed by atoms with Crippen molar-refractivity contribution in [1.82, 2.24) is 20.2 Å². The highest BCUT2D eigenvalue weighted by molar-refractivity contribution is 5.99. The molecule has 1 aliphatic rings. The summed E-state index contributed by atoms with van der Waals surface area (Å²) in [6.07, 6.45) is 3.41. The summed E-state index contributed by atoms with van der Waals surface area (Å²) >= 11 is 0. The minimum absolute atomic E-state index is 0.109. The van der Waals surface area contributed by atoms with Crippen molar-refractivity contribution in [2.75, 3.05) is 25.5 Å². The van der Waals surface area contributed by atoms with Gasteiger partial charge >= 0.3 is 0 Å². The molecule has 37 heavy (non-hydrogen) atoms. The standard InChI is InChI=1S/C30H31N5O2/c1-37-26-14-8-13-25(19-26)32-29-27(20-31-28(34-29)23-11-6-3-7-12-23)30(36)33-24-15-17-35(18-16-24)21-22-9-4-2-5-10-22/h2-14,19-20,24H,15-18,21H2,1H3,(H,33,36)(H,31,32,34). The number of nitrogens with zero attached hydrogens (tertiary/aromatic N) is 3. The van der Waals surface area contributed by atoms with Crippen LogP contribution in [0.4, 0.5) is 11.5 Å². The fourth-order valence-corrected chi connectivity index (χ4v) is 4.55. The summed E-state index contributed by atoms with van der Waals surface area (Å²) in [6, 6.07) is 27.9. The van der Waals surface area contributed by atoms with Gasteiger partial charge in [0.15, 0.2) is 5.82 Å². The zero-order chi connectivity index (χ0) is 25.5. The van der Waals surface area contributed by atoms with Crippen LogP contribution in [-0.4, -0.2) is 47.0 Å². The van der Waals surface area contributed by atoms with Crippen LogP contribution in [0.2, 0.25) is 0 Å². The Labute approximate surface area is 217 Å². The van der Waals surface area contributed by atoms with E-state index in [0.29, 0.717) is 17.2 Å². The van der Waals surface area contributed by atoms with Crippen LogP contribution in [0.3, 0.4) is 0 Å². The number of aromatic nitrogens is 2. The summed E-state index contributed by atoms with van der Waals surface area (Å²) in [7, 11) is 1.63. The van der Waals surface area contributed by atoms with Crippen LogP contribution in [-0.2, 0) is 6.54 Å². The number of benzene rings is 3. The van der Waals surface area contributed by atoms with E-state index in [1.54, 1.807) is 13.3 Å². The first-order chi connectivity index (χ1) is 18.2. The van der Waals surface area contributed by atoms with Gasteiger partial charge in [0.2, 0.25) is 0 Å². The van der Waals surface area contributed by atoms with E-state index in [-0.39, 0.29) is 11.9 Å². The van der Waals surface area contributed by atoms with E-state index in [9.17, 15) is 4.79 Å². The number of piperidine rings is 1. The molecule has 1 fully saturated rings. The van der Waals surface area contributed by atoms with E-state index in [2.05, 4.69) is 44.8 Å². The van der Waals surface area contributed by atoms with Gasteiger partial charge in [-0.15, -0.1) is 0 Å². The summed E-state index contributed by atoms with van der Waals surface area (Å²) < 4.78 is 5.35.